The summed E-state index contributed by atoms with van der Waals surface area (Å²) in [4.78, 5) is 9.37. The summed E-state index contributed by atoms with van der Waals surface area (Å²) in [6.07, 6.45) is 7.50. The van der Waals surface area contributed by atoms with Crippen molar-refractivity contribution in [3.05, 3.63) is 36.5 Å². The van der Waals surface area contributed by atoms with Crippen molar-refractivity contribution >= 4 is 44.2 Å². The molecule has 0 bridgehead atoms. The van der Waals surface area contributed by atoms with Crippen molar-refractivity contribution in [3.8, 4) is 0 Å². The summed E-state index contributed by atoms with van der Waals surface area (Å²) in [7, 11) is -1.77. The van der Waals surface area contributed by atoms with E-state index in [0.717, 1.165) is 35.4 Å². The monoisotopic (exact) mass is 439 g/mol. The highest BCUT2D eigenvalue weighted by Crippen LogP contribution is 2.44. The van der Waals surface area contributed by atoms with Crippen molar-refractivity contribution in [2.75, 3.05) is 17.4 Å². The van der Waals surface area contributed by atoms with Crippen LogP contribution in [0.25, 0.3) is 11.0 Å². The lowest BCUT2D eigenvalue weighted by atomic mass is 9.78. The fourth-order valence-corrected chi connectivity index (χ4v) is 5.32. The van der Waals surface area contributed by atoms with Gasteiger partial charge in [0.05, 0.1) is 16.1 Å². The molecule has 9 nitrogen and oxygen atoms in total. The van der Waals surface area contributed by atoms with Crippen LogP contribution >= 0.6 is 0 Å². The highest BCUT2D eigenvalue weighted by molar-refractivity contribution is 7.89. The zero-order chi connectivity index (χ0) is 21.8. The van der Waals surface area contributed by atoms with E-state index in [1.165, 1.54) is 31.4 Å². The molecule has 31 heavy (non-hydrogen) atoms. The van der Waals surface area contributed by atoms with Crippen LogP contribution in [0.5, 0.6) is 0 Å². The molecular formula is C21H25N7O2S. The molecule has 3 heterocycles. The third kappa shape index (κ3) is 3.26. The van der Waals surface area contributed by atoms with Gasteiger partial charge in [0.15, 0.2) is 0 Å². The molecule has 162 valence electrons. The number of primary sulfonamides is 1. The van der Waals surface area contributed by atoms with Crippen molar-refractivity contribution in [1.29, 1.82) is 0 Å². The lowest BCUT2D eigenvalue weighted by Crippen LogP contribution is -2.47. The van der Waals surface area contributed by atoms with E-state index >= 15 is 0 Å². The van der Waals surface area contributed by atoms with Crippen molar-refractivity contribution in [1.82, 2.24) is 14.5 Å². The molecule has 1 fully saturated rings. The van der Waals surface area contributed by atoms with Crippen LogP contribution in [0.1, 0.15) is 39.0 Å². The molecule has 1 saturated carbocycles. The Balaban J connectivity index is 1.57. The summed E-state index contributed by atoms with van der Waals surface area (Å²) in [6, 6.07) is 8.30. The number of hydrogen-bond acceptors (Lipinski definition) is 7. The highest BCUT2D eigenvalue weighted by atomic mass is 32.2. The molecule has 10 heteroatoms. The molecule has 1 spiro atoms. The minimum Gasteiger partial charge on any atom is -0.324 e. The molecule has 3 N–H and O–H groups in total. The molecule has 0 amide bonds. The molecular weight excluding hydrogens is 414 g/mol. The van der Waals surface area contributed by atoms with Gasteiger partial charge in [0, 0.05) is 24.3 Å². The summed E-state index contributed by atoms with van der Waals surface area (Å²) in [5.74, 6) is 1.47. The van der Waals surface area contributed by atoms with E-state index in [0.29, 0.717) is 11.6 Å². The van der Waals surface area contributed by atoms with Crippen LogP contribution in [0.4, 0.5) is 17.5 Å². The number of nitrogens with one attached hydrogen (secondary N) is 1. The summed E-state index contributed by atoms with van der Waals surface area (Å²) < 4.78 is 25.3. The third-order valence-electron chi connectivity index (χ3n) is 6.37. The van der Waals surface area contributed by atoms with E-state index in [1.807, 2.05) is 18.3 Å². The Labute approximate surface area is 181 Å². The smallest absolute Gasteiger partial charge is 0.238 e. The number of sulfonamides is 1. The van der Waals surface area contributed by atoms with E-state index in [2.05, 4.69) is 27.9 Å². The van der Waals surface area contributed by atoms with Gasteiger partial charge in [-0.2, -0.15) is 10.1 Å². The van der Waals surface area contributed by atoms with Crippen molar-refractivity contribution in [2.45, 2.75) is 49.5 Å². The fourth-order valence-electron chi connectivity index (χ4n) is 4.81. The first kappa shape index (κ1) is 20.0. The molecule has 0 unspecified atom stereocenters. The normalized spacial score (nSPS) is 18.2. The zero-order valence-corrected chi connectivity index (χ0v) is 18.4. The maximum atomic E-state index is 11.5. The minimum atomic E-state index is -3.73. The zero-order valence-electron chi connectivity index (χ0n) is 17.5. The second-order valence-electron chi connectivity index (χ2n) is 8.31. The quantitative estimate of drug-likeness (QED) is 0.646. The molecule has 1 aromatic carbocycles. The maximum absolute atomic E-state index is 11.5. The summed E-state index contributed by atoms with van der Waals surface area (Å²) in [5, 5.41) is 16.0. The first-order valence-corrected chi connectivity index (χ1v) is 11.9. The number of nitrogens with zero attached hydrogens (tertiary/aromatic N) is 5. The number of rotatable bonds is 3. The summed E-state index contributed by atoms with van der Waals surface area (Å²) >= 11 is 0. The predicted molar refractivity (Wildman–Crippen MR) is 121 cm³/mol. The lowest BCUT2D eigenvalue weighted by Gasteiger charge is -2.44. The summed E-state index contributed by atoms with van der Waals surface area (Å²) in [5.41, 5.74) is 2.52. The number of hydrazone groups is 1. The van der Waals surface area contributed by atoms with Gasteiger partial charge in [-0.25, -0.2) is 18.5 Å². The second kappa shape index (κ2) is 7.03. The van der Waals surface area contributed by atoms with Crippen LogP contribution in [0.3, 0.4) is 0 Å². The van der Waals surface area contributed by atoms with Crippen LogP contribution in [-0.4, -0.2) is 35.7 Å². The number of aromatic nitrogens is 3. The van der Waals surface area contributed by atoms with Gasteiger partial charge in [-0.05, 0) is 50.1 Å². The standard InChI is InChI=1S/C21H25N7O2S/c1-14-21(10-4-3-5-11-21)28-18(27(2)26-14)12-15-13-23-20(25-19(15)28)24-16-6-8-17(9-7-16)31(22,29)30/h6-9,12-13H,3-5,10-11H2,1-2H3,(H2,22,29,30)(H,23,24,25). The molecule has 1 aliphatic carbocycles. The van der Waals surface area contributed by atoms with Crippen LogP contribution in [0, 0.1) is 0 Å². The molecule has 0 saturated heterocycles. The maximum Gasteiger partial charge on any atom is 0.238 e. The average molecular weight is 440 g/mol. The molecule has 2 aliphatic rings. The topological polar surface area (TPSA) is 118 Å². The van der Waals surface area contributed by atoms with E-state index in [4.69, 9.17) is 15.2 Å². The van der Waals surface area contributed by atoms with Crippen LogP contribution in [0.15, 0.2) is 46.5 Å². The van der Waals surface area contributed by atoms with Crippen LogP contribution < -0.4 is 15.5 Å². The van der Waals surface area contributed by atoms with E-state index in [9.17, 15) is 8.42 Å². The van der Waals surface area contributed by atoms with Gasteiger partial charge < -0.3 is 5.32 Å². The van der Waals surface area contributed by atoms with Crippen LogP contribution in [-0.2, 0) is 15.6 Å². The number of hydrogen-bond donors (Lipinski definition) is 2. The summed E-state index contributed by atoms with van der Waals surface area (Å²) in [6.45, 7) is 2.12. The Morgan fingerprint density at radius 1 is 1.13 bits per heavy atom. The van der Waals surface area contributed by atoms with Gasteiger partial charge in [-0.1, -0.05) is 19.3 Å². The Morgan fingerprint density at radius 3 is 2.52 bits per heavy atom. The fraction of sp³-hybridized carbons (Fsp3) is 0.381. The van der Waals surface area contributed by atoms with E-state index in [1.54, 1.807) is 12.1 Å². The SMILES string of the molecule is CC1=NN(C)c2cc3cnc(Nc4ccc(S(N)(=O)=O)cc4)nc3n2C12CCCCC2. The van der Waals surface area contributed by atoms with Gasteiger partial charge in [-0.3, -0.25) is 9.58 Å². The molecule has 0 radical (unpaired) electrons. The van der Waals surface area contributed by atoms with Gasteiger partial charge in [0.2, 0.25) is 16.0 Å². The number of nitrogens with two attached hydrogens (primary N) is 1. The predicted octanol–water partition coefficient (Wildman–Crippen LogP) is 3.31. The van der Waals surface area contributed by atoms with E-state index in [-0.39, 0.29) is 10.4 Å². The number of anilines is 3. The van der Waals surface area contributed by atoms with Crippen LogP contribution in [0.2, 0.25) is 0 Å². The molecule has 1 aliphatic heterocycles. The first-order valence-electron chi connectivity index (χ1n) is 10.4. The second-order valence-corrected chi connectivity index (χ2v) is 9.87. The third-order valence-corrected chi connectivity index (χ3v) is 7.30. The number of benzene rings is 1. The highest BCUT2D eigenvalue weighted by Gasteiger charge is 2.42. The molecule has 2 aromatic heterocycles. The largest absolute Gasteiger partial charge is 0.324 e. The minimum absolute atomic E-state index is 0.0621. The van der Waals surface area contributed by atoms with Gasteiger partial charge in [-0.15, -0.1) is 0 Å². The molecule has 5 rings (SSSR count). The van der Waals surface area contributed by atoms with Gasteiger partial charge in [0.1, 0.15) is 11.5 Å². The lowest BCUT2D eigenvalue weighted by molar-refractivity contribution is 0.282. The van der Waals surface area contributed by atoms with Gasteiger partial charge >= 0.3 is 0 Å². The Morgan fingerprint density at radius 2 is 1.84 bits per heavy atom. The Kier molecular flexibility index (Phi) is 4.52. The molecule has 0 atom stereocenters. The van der Waals surface area contributed by atoms with Crippen molar-refractivity contribution in [3.63, 3.8) is 0 Å². The van der Waals surface area contributed by atoms with Crippen molar-refractivity contribution < 1.29 is 8.42 Å². The van der Waals surface area contributed by atoms with E-state index < -0.39 is 10.0 Å². The first-order chi connectivity index (χ1) is 14.8. The van der Waals surface area contributed by atoms with Crippen molar-refractivity contribution in [2.24, 2.45) is 10.2 Å². The Hall–Kier alpha value is -2.98. The Bertz CT molecular complexity index is 1290. The molecule has 3 aromatic rings. The van der Waals surface area contributed by atoms with Gasteiger partial charge in [0.25, 0.3) is 0 Å². The number of fused-ring (bicyclic) bond motifs is 4. The average Bonchev–Trinajstić information content (AvgIpc) is 3.13.